The Morgan fingerprint density at radius 1 is 0.667 bits per heavy atom. The Hall–Kier alpha value is -0.860. The molecule has 24 heavy (non-hydrogen) atoms. The fraction of sp³-hybridized carbons (Fsp3) is 0.905. The van der Waals surface area contributed by atoms with Gasteiger partial charge in [-0.2, -0.15) is 0 Å². The van der Waals surface area contributed by atoms with Gasteiger partial charge in [-0.15, -0.1) is 0 Å². The van der Waals surface area contributed by atoms with Crippen molar-refractivity contribution in [1.82, 2.24) is 0 Å². The van der Waals surface area contributed by atoms with Gasteiger partial charge in [0.2, 0.25) is 0 Å². The molecule has 0 saturated heterocycles. The van der Waals surface area contributed by atoms with Crippen LogP contribution in [0.4, 0.5) is 0 Å². The van der Waals surface area contributed by atoms with Gasteiger partial charge in [0, 0.05) is 18.3 Å². The Morgan fingerprint density at radius 2 is 1.00 bits per heavy atom. The summed E-state index contributed by atoms with van der Waals surface area (Å²) in [7, 11) is 0. The van der Waals surface area contributed by atoms with Crippen LogP contribution in [0, 0.1) is 11.8 Å². The van der Waals surface area contributed by atoms with Crippen molar-refractivity contribution < 1.29 is 14.7 Å². The van der Waals surface area contributed by atoms with Gasteiger partial charge in [-0.05, 0) is 6.42 Å². The fourth-order valence-corrected chi connectivity index (χ4v) is 2.61. The molecular formula is C21H42O3. The Kier molecular flexibility index (Phi) is 19.5. The lowest BCUT2D eigenvalue weighted by Crippen LogP contribution is -2.13. The van der Waals surface area contributed by atoms with Crippen LogP contribution in [0.2, 0.25) is 0 Å². The summed E-state index contributed by atoms with van der Waals surface area (Å²) in [5.41, 5.74) is 0. The number of hydrogen-bond acceptors (Lipinski definition) is 2. The maximum absolute atomic E-state index is 10.8. The maximum Gasteiger partial charge on any atom is 0.303 e. The van der Waals surface area contributed by atoms with E-state index in [1.165, 1.54) is 57.8 Å². The van der Waals surface area contributed by atoms with Crippen LogP contribution < -0.4 is 0 Å². The summed E-state index contributed by atoms with van der Waals surface area (Å²) in [6.07, 6.45) is 14.4. The molecule has 0 aliphatic carbocycles. The fourth-order valence-electron chi connectivity index (χ4n) is 2.61. The van der Waals surface area contributed by atoms with Gasteiger partial charge in [-0.3, -0.25) is 9.59 Å². The highest BCUT2D eigenvalue weighted by atomic mass is 16.4. The predicted molar refractivity (Wildman–Crippen MR) is 103 cm³/mol. The van der Waals surface area contributed by atoms with E-state index in [9.17, 15) is 9.59 Å². The molecule has 0 bridgehead atoms. The minimum atomic E-state index is -0.657. The first-order valence-corrected chi connectivity index (χ1v) is 10.1. The highest BCUT2D eigenvalue weighted by Gasteiger charge is 2.09. The largest absolute Gasteiger partial charge is 0.481 e. The van der Waals surface area contributed by atoms with E-state index in [0.717, 1.165) is 12.8 Å². The Morgan fingerprint density at radius 3 is 1.25 bits per heavy atom. The molecule has 0 heterocycles. The van der Waals surface area contributed by atoms with Gasteiger partial charge < -0.3 is 5.11 Å². The normalized spacial score (nSPS) is 10.6. The van der Waals surface area contributed by atoms with Crippen molar-refractivity contribution in [2.45, 2.75) is 112 Å². The third kappa shape index (κ3) is 21.1. The molecule has 0 rings (SSSR count). The van der Waals surface area contributed by atoms with Gasteiger partial charge in [0.25, 0.3) is 0 Å². The van der Waals surface area contributed by atoms with E-state index in [1.807, 2.05) is 27.7 Å². The zero-order chi connectivity index (χ0) is 18.8. The van der Waals surface area contributed by atoms with Crippen molar-refractivity contribution in [2.75, 3.05) is 0 Å². The second kappa shape index (κ2) is 18.5. The highest BCUT2D eigenvalue weighted by Crippen LogP contribution is 2.11. The number of carbonyl (C=O) groups is 2. The summed E-state index contributed by atoms with van der Waals surface area (Å²) < 4.78 is 0. The van der Waals surface area contributed by atoms with Crippen molar-refractivity contribution in [3.63, 3.8) is 0 Å². The van der Waals surface area contributed by atoms with E-state index in [2.05, 4.69) is 6.92 Å². The second-order valence-electron chi connectivity index (χ2n) is 7.39. The average Bonchev–Trinajstić information content (AvgIpc) is 2.52. The van der Waals surface area contributed by atoms with E-state index in [0.29, 0.717) is 12.2 Å². The molecule has 0 unspecified atom stereocenters. The first kappa shape index (κ1) is 25.4. The molecule has 0 radical (unpaired) electrons. The molecule has 0 saturated carbocycles. The summed E-state index contributed by atoms with van der Waals surface area (Å²) in [5, 5.41) is 8.46. The smallest absolute Gasteiger partial charge is 0.303 e. The van der Waals surface area contributed by atoms with Crippen molar-refractivity contribution >= 4 is 11.8 Å². The standard InChI is InChI=1S/C14H28O2.C7H14O/c1-2-3-4-5-6-7-8-9-10-11-12-13-14(15)16;1-5(2)7(8)6(3)4/h2-13H2,1H3,(H,15,16);5-6H,1-4H3. The summed E-state index contributed by atoms with van der Waals surface area (Å²) in [5.74, 6) is 0.103. The second-order valence-corrected chi connectivity index (χ2v) is 7.39. The third-order valence-corrected chi connectivity index (χ3v) is 4.13. The lowest BCUT2D eigenvalue weighted by molar-refractivity contribution is -0.137. The number of carboxylic acid groups (broad SMARTS) is 1. The molecule has 1 N–H and O–H groups in total. The number of hydrogen-bond donors (Lipinski definition) is 1. The molecule has 0 aromatic heterocycles. The van der Waals surface area contributed by atoms with Crippen molar-refractivity contribution in [1.29, 1.82) is 0 Å². The molecule has 3 nitrogen and oxygen atoms in total. The number of aliphatic carboxylic acids is 1. The van der Waals surface area contributed by atoms with Crippen LogP contribution in [0.5, 0.6) is 0 Å². The molecule has 0 fully saturated rings. The Bertz CT molecular complexity index is 285. The molecule has 0 aliphatic heterocycles. The molecule has 0 aromatic carbocycles. The van der Waals surface area contributed by atoms with Crippen LogP contribution in [-0.4, -0.2) is 16.9 Å². The van der Waals surface area contributed by atoms with Crippen molar-refractivity contribution in [2.24, 2.45) is 11.8 Å². The van der Waals surface area contributed by atoms with E-state index >= 15 is 0 Å². The third-order valence-electron chi connectivity index (χ3n) is 4.13. The van der Waals surface area contributed by atoms with E-state index in [1.54, 1.807) is 0 Å². The number of carbonyl (C=O) groups excluding carboxylic acids is 1. The van der Waals surface area contributed by atoms with Crippen molar-refractivity contribution in [3.8, 4) is 0 Å². The zero-order valence-corrected chi connectivity index (χ0v) is 16.9. The van der Waals surface area contributed by atoms with E-state index in [4.69, 9.17) is 5.11 Å². The maximum atomic E-state index is 10.8. The van der Waals surface area contributed by atoms with Gasteiger partial charge in [-0.1, -0.05) is 98.8 Å². The minimum absolute atomic E-state index is 0.204. The lowest BCUT2D eigenvalue weighted by atomic mass is 9.99. The van der Waals surface area contributed by atoms with Gasteiger partial charge >= 0.3 is 5.97 Å². The van der Waals surface area contributed by atoms with Gasteiger partial charge in [0.05, 0.1) is 0 Å². The number of carboxylic acids is 1. The number of unbranched alkanes of at least 4 members (excludes halogenated alkanes) is 10. The first-order chi connectivity index (χ1) is 11.3. The Labute approximate surface area is 150 Å². The number of rotatable bonds is 14. The summed E-state index contributed by atoms with van der Waals surface area (Å²) >= 11 is 0. The highest BCUT2D eigenvalue weighted by molar-refractivity contribution is 5.81. The van der Waals surface area contributed by atoms with Crippen LogP contribution in [-0.2, 0) is 9.59 Å². The van der Waals surface area contributed by atoms with Crippen LogP contribution in [0.25, 0.3) is 0 Å². The van der Waals surface area contributed by atoms with Crippen LogP contribution in [0.3, 0.4) is 0 Å². The molecule has 0 aliphatic rings. The SMILES string of the molecule is CC(C)C(=O)C(C)C.CCCCCCCCCCCCCC(=O)O. The molecule has 0 spiro atoms. The Balaban J connectivity index is 0. The summed E-state index contributed by atoms with van der Waals surface area (Å²) in [6, 6.07) is 0. The average molecular weight is 343 g/mol. The van der Waals surface area contributed by atoms with E-state index in [-0.39, 0.29) is 11.8 Å². The molecular weight excluding hydrogens is 300 g/mol. The predicted octanol–water partition coefficient (Wildman–Crippen LogP) is 6.64. The number of Topliss-reactive ketones (excluding diaryl/α,β-unsaturated/α-hetero) is 1. The summed E-state index contributed by atoms with van der Waals surface area (Å²) in [6.45, 7) is 9.98. The van der Waals surface area contributed by atoms with Gasteiger partial charge in [0.1, 0.15) is 5.78 Å². The molecule has 3 heteroatoms. The monoisotopic (exact) mass is 342 g/mol. The minimum Gasteiger partial charge on any atom is -0.481 e. The van der Waals surface area contributed by atoms with Gasteiger partial charge in [-0.25, -0.2) is 0 Å². The van der Waals surface area contributed by atoms with Crippen LogP contribution >= 0.6 is 0 Å². The van der Waals surface area contributed by atoms with Crippen LogP contribution in [0.1, 0.15) is 112 Å². The topological polar surface area (TPSA) is 54.4 Å². The first-order valence-electron chi connectivity index (χ1n) is 10.1. The number of ketones is 1. The molecule has 0 amide bonds. The van der Waals surface area contributed by atoms with E-state index < -0.39 is 5.97 Å². The quantitative estimate of drug-likeness (QED) is 0.360. The summed E-state index contributed by atoms with van der Waals surface area (Å²) in [4.78, 5) is 21.1. The van der Waals surface area contributed by atoms with Crippen LogP contribution in [0.15, 0.2) is 0 Å². The lowest BCUT2D eigenvalue weighted by Gasteiger charge is -2.05. The molecule has 0 aromatic rings. The zero-order valence-electron chi connectivity index (χ0n) is 16.9. The van der Waals surface area contributed by atoms with Gasteiger partial charge in [0.15, 0.2) is 0 Å². The van der Waals surface area contributed by atoms with Crippen molar-refractivity contribution in [3.05, 3.63) is 0 Å². The molecule has 0 atom stereocenters. The molecule has 144 valence electrons.